The number of nitriles is 1. The van der Waals surface area contributed by atoms with Gasteiger partial charge in [0, 0.05) is 29.8 Å². The highest BCUT2D eigenvalue weighted by Gasteiger charge is 2.41. The lowest BCUT2D eigenvalue weighted by molar-refractivity contribution is -0.117. The number of fused-ring (bicyclic) bond motifs is 3. The first-order valence-corrected chi connectivity index (χ1v) is 10.6. The van der Waals surface area contributed by atoms with Crippen LogP contribution in [0.4, 0.5) is 5.69 Å². The van der Waals surface area contributed by atoms with Crippen molar-refractivity contribution in [2.24, 2.45) is 13.0 Å². The number of hydrogen-bond donors (Lipinski definition) is 1. The van der Waals surface area contributed by atoms with Gasteiger partial charge >= 0.3 is 0 Å². The van der Waals surface area contributed by atoms with Crippen molar-refractivity contribution in [3.63, 3.8) is 0 Å². The molecule has 0 spiro atoms. The Balaban J connectivity index is 1.48. The Labute approximate surface area is 185 Å². The van der Waals surface area contributed by atoms with Gasteiger partial charge in [0.15, 0.2) is 5.92 Å². The molecule has 32 heavy (non-hydrogen) atoms. The highest BCUT2D eigenvalue weighted by atomic mass is 16.5. The second-order valence-electron chi connectivity index (χ2n) is 8.20. The molecule has 7 heteroatoms. The third-order valence-corrected chi connectivity index (χ3v) is 6.42. The van der Waals surface area contributed by atoms with Crippen LogP contribution in [-0.4, -0.2) is 28.6 Å². The van der Waals surface area contributed by atoms with Crippen molar-refractivity contribution >= 4 is 17.4 Å². The molecule has 3 aromatic rings. The van der Waals surface area contributed by atoms with E-state index in [2.05, 4.69) is 22.5 Å². The summed E-state index contributed by atoms with van der Waals surface area (Å²) in [7, 11) is 3.36. The van der Waals surface area contributed by atoms with E-state index in [9.17, 15) is 14.9 Å². The lowest BCUT2D eigenvalue weighted by Gasteiger charge is -2.22. The van der Waals surface area contributed by atoms with Crippen LogP contribution in [0.3, 0.4) is 0 Å². The summed E-state index contributed by atoms with van der Waals surface area (Å²) in [5.41, 5.74) is 6.18. The van der Waals surface area contributed by atoms with E-state index in [4.69, 9.17) is 4.74 Å². The van der Waals surface area contributed by atoms with Gasteiger partial charge in [0.1, 0.15) is 11.4 Å². The van der Waals surface area contributed by atoms with E-state index < -0.39 is 17.6 Å². The van der Waals surface area contributed by atoms with Gasteiger partial charge in [0.05, 0.1) is 18.9 Å². The summed E-state index contributed by atoms with van der Waals surface area (Å²) in [6.07, 6.45) is 2.98. The summed E-state index contributed by atoms with van der Waals surface area (Å²) < 4.78 is 6.83. The fourth-order valence-electron chi connectivity index (χ4n) is 5.01. The Morgan fingerprint density at radius 3 is 2.72 bits per heavy atom. The number of ketones is 1. The Hall–Kier alpha value is -3.92. The van der Waals surface area contributed by atoms with E-state index in [0.29, 0.717) is 11.4 Å². The average Bonchev–Trinajstić information content (AvgIpc) is 3.32. The van der Waals surface area contributed by atoms with Crippen LogP contribution in [0.15, 0.2) is 42.5 Å². The lowest BCUT2D eigenvalue weighted by atomic mass is 9.81. The minimum Gasteiger partial charge on any atom is -0.497 e. The first-order valence-electron chi connectivity index (χ1n) is 10.6. The fraction of sp³-hybridized carbons (Fsp3) is 0.280. The van der Waals surface area contributed by atoms with Gasteiger partial charge in [0.25, 0.3) is 0 Å². The number of anilines is 1. The number of nitrogens with zero attached hydrogens (tertiary/aromatic N) is 3. The molecule has 0 radical (unpaired) electrons. The number of amides is 1. The normalized spacial score (nSPS) is 16.5. The van der Waals surface area contributed by atoms with Gasteiger partial charge in [-0.25, -0.2) is 0 Å². The number of rotatable bonds is 5. The quantitative estimate of drug-likeness (QED) is 0.494. The van der Waals surface area contributed by atoms with Crippen molar-refractivity contribution < 1.29 is 14.3 Å². The molecule has 1 aromatic heterocycles. The molecular formula is C25H22N4O3. The molecule has 160 valence electrons. The smallest absolute Gasteiger partial charge is 0.249 e. The maximum absolute atomic E-state index is 13.4. The largest absolute Gasteiger partial charge is 0.497 e. The maximum atomic E-state index is 13.4. The Morgan fingerprint density at radius 2 is 2.00 bits per heavy atom. The van der Waals surface area contributed by atoms with Gasteiger partial charge in [-0.2, -0.15) is 10.4 Å². The van der Waals surface area contributed by atoms with Crippen LogP contribution in [0.1, 0.15) is 45.9 Å². The Bertz CT molecular complexity index is 1280. The predicted molar refractivity (Wildman–Crippen MR) is 118 cm³/mol. The first kappa shape index (κ1) is 20.0. The summed E-state index contributed by atoms with van der Waals surface area (Å²) in [5.74, 6) is -1.98. The van der Waals surface area contributed by atoms with E-state index in [1.807, 2.05) is 19.2 Å². The molecule has 0 fully saturated rings. The van der Waals surface area contributed by atoms with Crippen molar-refractivity contribution in [2.75, 3.05) is 12.4 Å². The average molecular weight is 426 g/mol. The fourth-order valence-corrected chi connectivity index (χ4v) is 5.01. The first-order chi connectivity index (χ1) is 15.5. The molecule has 0 saturated heterocycles. The van der Waals surface area contributed by atoms with Crippen LogP contribution in [0.5, 0.6) is 5.75 Å². The van der Waals surface area contributed by atoms with Crippen LogP contribution in [-0.2, 0) is 18.3 Å². The molecule has 2 unspecified atom stereocenters. The summed E-state index contributed by atoms with van der Waals surface area (Å²) in [6.45, 7) is 0. The monoisotopic (exact) mass is 426 g/mol. The van der Waals surface area contributed by atoms with Gasteiger partial charge in [-0.05, 0) is 54.7 Å². The van der Waals surface area contributed by atoms with Crippen molar-refractivity contribution in [2.45, 2.75) is 25.2 Å². The molecule has 2 aliphatic carbocycles. The number of benzene rings is 2. The minimum absolute atomic E-state index is 0.0848. The number of carbonyl (C=O) groups is 2. The molecule has 2 atom stereocenters. The standard InChI is InChI=1S/C25H22N4O3/c1-29-23-18-8-4-6-14-5-3-7-17(20(14)18)21(23)22(28-29)24(30)19(13-26)25(31)27-15-9-11-16(32-2)12-10-15/h4,6,8-12,17,19H,3,5,7H2,1-2H3,(H,27,31). The number of aromatic nitrogens is 2. The summed E-state index contributed by atoms with van der Waals surface area (Å²) in [4.78, 5) is 26.3. The number of ether oxygens (including phenoxy) is 1. The second-order valence-corrected chi connectivity index (χ2v) is 8.20. The Kier molecular flexibility index (Phi) is 4.78. The van der Waals surface area contributed by atoms with Crippen molar-refractivity contribution in [3.8, 4) is 23.1 Å². The maximum Gasteiger partial charge on any atom is 0.249 e. The molecular weight excluding hydrogens is 404 g/mol. The van der Waals surface area contributed by atoms with E-state index >= 15 is 0 Å². The Morgan fingerprint density at radius 1 is 1.22 bits per heavy atom. The van der Waals surface area contributed by atoms with Gasteiger partial charge < -0.3 is 10.1 Å². The molecule has 5 rings (SSSR count). The molecule has 0 aliphatic heterocycles. The topological polar surface area (TPSA) is 97.0 Å². The van der Waals surface area contributed by atoms with Crippen LogP contribution in [0, 0.1) is 17.2 Å². The molecule has 7 nitrogen and oxygen atoms in total. The number of carbonyl (C=O) groups excluding carboxylic acids is 2. The summed E-state index contributed by atoms with van der Waals surface area (Å²) in [5, 5.41) is 16.9. The summed E-state index contributed by atoms with van der Waals surface area (Å²) in [6, 6.07) is 14.9. The zero-order valence-electron chi connectivity index (χ0n) is 17.9. The molecule has 2 aromatic carbocycles. The van der Waals surface area contributed by atoms with Crippen LogP contribution in [0.2, 0.25) is 0 Å². The molecule has 0 saturated carbocycles. The minimum atomic E-state index is -1.48. The van der Waals surface area contributed by atoms with E-state index in [0.717, 1.165) is 36.1 Å². The van der Waals surface area contributed by atoms with Gasteiger partial charge in [-0.1, -0.05) is 18.2 Å². The van der Waals surface area contributed by atoms with E-state index in [1.54, 1.807) is 36.1 Å². The van der Waals surface area contributed by atoms with Gasteiger partial charge in [-0.3, -0.25) is 14.3 Å². The van der Waals surface area contributed by atoms with Crippen molar-refractivity contribution in [1.82, 2.24) is 9.78 Å². The number of hydrogen-bond acceptors (Lipinski definition) is 5. The zero-order valence-corrected chi connectivity index (χ0v) is 17.9. The second kappa shape index (κ2) is 7.65. The van der Waals surface area contributed by atoms with Crippen molar-refractivity contribution in [1.29, 1.82) is 5.26 Å². The van der Waals surface area contributed by atoms with Gasteiger partial charge in [0.2, 0.25) is 11.7 Å². The van der Waals surface area contributed by atoms with Crippen LogP contribution >= 0.6 is 0 Å². The number of aryl methyl sites for hydroxylation is 2. The van der Waals surface area contributed by atoms with Crippen LogP contribution < -0.4 is 10.1 Å². The van der Waals surface area contributed by atoms with E-state index in [-0.39, 0.29) is 11.6 Å². The van der Waals surface area contributed by atoms with Crippen LogP contribution in [0.25, 0.3) is 11.3 Å². The number of Topliss-reactive ketones (excluding diaryl/α,β-unsaturated/α-hetero) is 1. The molecule has 0 bridgehead atoms. The van der Waals surface area contributed by atoms with Crippen molar-refractivity contribution in [3.05, 3.63) is 64.8 Å². The molecule has 1 amide bonds. The zero-order chi connectivity index (χ0) is 22.4. The third-order valence-electron chi connectivity index (χ3n) is 6.42. The highest BCUT2D eigenvalue weighted by molar-refractivity contribution is 6.16. The summed E-state index contributed by atoms with van der Waals surface area (Å²) >= 11 is 0. The van der Waals surface area contributed by atoms with E-state index in [1.165, 1.54) is 11.1 Å². The molecule has 1 heterocycles. The van der Waals surface area contributed by atoms with Gasteiger partial charge in [-0.15, -0.1) is 0 Å². The number of methoxy groups -OCH3 is 1. The predicted octanol–water partition coefficient (Wildman–Crippen LogP) is 3.84. The third kappa shape index (κ3) is 2.99. The number of nitrogens with one attached hydrogen (secondary N) is 1. The lowest BCUT2D eigenvalue weighted by Crippen LogP contribution is -2.29. The highest BCUT2D eigenvalue weighted by Crippen LogP contribution is 2.52. The SMILES string of the molecule is COc1ccc(NC(=O)C(C#N)C(=O)c2nn(C)c3c2C2CCCc4cccc-3c42)cc1. The molecule has 2 aliphatic rings. The molecule has 1 N–H and O–H groups in total.